The Hall–Kier alpha value is -2.76. The van der Waals surface area contributed by atoms with Crippen molar-refractivity contribution >= 4 is 23.7 Å². The molecule has 0 radical (unpaired) electrons. The highest BCUT2D eigenvalue weighted by molar-refractivity contribution is 5.91. The Kier molecular flexibility index (Phi) is 16.8. The maximum atomic E-state index is 13.0. The molecule has 3 rings (SSSR count). The number of rotatable bonds is 15. The molecule has 0 spiro atoms. The van der Waals surface area contributed by atoms with Gasteiger partial charge in [0, 0.05) is 0 Å². The molecule has 0 aromatic heterocycles. The van der Waals surface area contributed by atoms with Gasteiger partial charge in [-0.2, -0.15) is 0 Å². The van der Waals surface area contributed by atoms with Crippen LogP contribution < -0.4 is 21.7 Å². The van der Waals surface area contributed by atoms with Gasteiger partial charge in [-0.1, -0.05) is 0 Å². The zero-order chi connectivity index (χ0) is 40.7. The molecule has 3 aliphatic heterocycles. The predicted octanol–water partition coefficient (Wildman–Crippen LogP) is -9.16. The Balaban J connectivity index is 1.67. The first kappa shape index (κ1) is 45.6. The van der Waals surface area contributed by atoms with Gasteiger partial charge in [-0.3, -0.25) is 14.4 Å². The van der Waals surface area contributed by atoms with E-state index < -0.39 is 167 Å². The van der Waals surface area contributed by atoms with Crippen LogP contribution in [0.2, 0.25) is 0 Å². The molecule has 15 N–H and O–H groups in total. The van der Waals surface area contributed by atoms with Crippen molar-refractivity contribution in [2.75, 3.05) is 32.9 Å². The second-order valence-electron chi connectivity index (χ2n) is 13.8. The van der Waals surface area contributed by atoms with Gasteiger partial charge in [0.25, 0.3) is 0 Å². The maximum absolute atomic E-state index is 13.0. The van der Waals surface area contributed by atoms with Gasteiger partial charge in [-0.05, 0) is 20.8 Å². The molecule has 16 atom stereocenters. The lowest BCUT2D eigenvalue weighted by molar-refractivity contribution is -0.373. The highest BCUT2D eigenvalue weighted by atomic mass is 16.7. The average molecular weight is 789 g/mol. The molecule has 24 nitrogen and oxygen atoms in total. The smallest absolute Gasteiger partial charge is 0.329 e. The lowest BCUT2D eigenvalue weighted by Crippen LogP contribution is -2.67. The summed E-state index contributed by atoms with van der Waals surface area (Å²) in [5.74, 6) is -3.59. The normalized spacial score (nSPS) is 37.9. The van der Waals surface area contributed by atoms with E-state index in [4.69, 9.17) is 34.2 Å². The summed E-state index contributed by atoms with van der Waals surface area (Å²) in [4.78, 5) is 49.7. The predicted molar refractivity (Wildman–Crippen MR) is 172 cm³/mol. The second kappa shape index (κ2) is 19.9. The lowest BCUT2D eigenvalue weighted by atomic mass is 9.95. The second-order valence-corrected chi connectivity index (χ2v) is 13.8. The van der Waals surface area contributed by atoms with Crippen molar-refractivity contribution in [1.82, 2.24) is 16.0 Å². The summed E-state index contributed by atoms with van der Waals surface area (Å²) in [5, 5.41) is 110. The summed E-state index contributed by atoms with van der Waals surface area (Å²) in [6.07, 6.45) is -27.7. The van der Waals surface area contributed by atoms with Crippen molar-refractivity contribution in [2.24, 2.45) is 5.73 Å². The lowest BCUT2D eigenvalue weighted by Gasteiger charge is -2.48. The zero-order valence-corrected chi connectivity index (χ0v) is 29.6. The van der Waals surface area contributed by atoms with Crippen molar-refractivity contribution in [3.05, 3.63) is 0 Å². The quantitative estimate of drug-likeness (QED) is 0.0685. The molecule has 0 aliphatic carbocycles. The molecular formula is C30H52N4O20. The largest absolute Gasteiger partial charge is 0.458 e. The fourth-order valence-corrected chi connectivity index (χ4v) is 5.66. The van der Waals surface area contributed by atoms with Crippen LogP contribution in [0, 0.1) is 0 Å². The first-order valence-electron chi connectivity index (χ1n) is 16.9. The Labute approximate surface area is 308 Å². The number of nitrogens with two attached hydrogens (primary N) is 1. The molecule has 312 valence electrons. The number of esters is 1. The van der Waals surface area contributed by atoms with Crippen LogP contribution in [0.1, 0.15) is 27.2 Å². The minimum absolute atomic E-state index is 0.412. The van der Waals surface area contributed by atoms with Crippen molar-refractivity contribution in [3.63, 3.8) is 0 Å². The fraction of sp³-hybridized carbons (Fsp3) is 0.867. The van der Waals surface area contributed by atoms with E-state index in [0.717, 1.165) is 0 Å². The van der Waals surface area contributed by atoms with Crippen LogP contribution in [-0.4, -0.2) is 211 Å². The van der Waals surface area contributed by atoms with E-state index in [0.29, 0.717) is 0 Å². The Morgan fingerprint density at radius 3 is 1.69 bits per heavy atom. The van der Waals surface area contributed by atoms with Crippen molar-refractivity contribution in [1.29, 1.82) is 0 Å². The van der Waals surface area contributed by atoms with E-state index in [1.165, 1.54) is 20.8 Å². The van der Waals surface area contributed by atoms with Gasteiger partial charge < -0.3 is 101 Å². The highest BCUT2D eigenvalue weighted by Gasteiger charge is 2.53. The number of aliphatic hydroxyl groups is 10. The molecule has 3 fully saturated rings. The van der Waals surface area contributed by atoms with E-state index in [1.54, 1.807) is 0 Å². The first-order valence-corrected chi connectivity index (χ1v) is 16.9. The number of amides is 3. The number of hydrogen-bond acceptors (Lipinski definition) is 21. The third-order valence-corrected chi connectivity index (χ3v) is 8.47. The molecule has 3 aliphatic rings. The number of carbonyl (C=O) groups excluding carboxylic acids is 4. The average Bonchev–Trinajstić information content (AvgIpc) is 3.11. The van der Waals surface area contributed by atoms with Gasteiger partial charge in [0.05, 0.1) is 39.3 Å². The minimum atomic E-state index is -2.05. The summed E-state index contributed by atoms with van der Waals surface area (Å²) < 4.78 is 32.7. The Bertz CT molecular complexity index is 1250. The zero-order valence-electron chi connectivity index (χ0n) is 29.6. The topological polar surface area (TPSA) is 388 Å². The standard InChI is InChI=1S/C30H52N4O20/c1-30(2,3)54-27(48)10(33-16(40)6-32-15(39)5-31)4-14(38)34-26-21(45)19(43)24(12(8-36)49-26)52-29-23(47)20(44)25(13(9-37)51-29)53-28-22(46)18(42)17(41)11(7-35)50-28/h10-13,17-26,28-29,35-37,41-47H,4-9,31H2,1-3H3,(H,32,39)(H,33,40)(H,34,38)/t10-,11+,12+,13+,17+,18-,19+,20+,21+,22+,23+,24+,25+,26+,28+,29+/m0/s1. The molecule has 24 heteroatoms. The van der Waals surface area contributed by atoms with Crippen LogP contribution in [0.3, 0.4) is 0 Å². The van der Waals surface area contributed by atoms with E-state index >= 15 is 0 Å². The SMILES string of the molecule is CC(C)(C)OC(=O)[C@H](CC(=O)N[C@@H]1O[C@H](CO)[C@@H](O[C@H]2O[C@H](CO)[C@@H](O[C@H]3O[C@H](CO)[C@@H](O)[C@H](O)[C@H]3O)[C@H](O)[C@H]2O)[C@H](O)[C@H]1O)NC(=O)CNC(=O)CN. The third kappa shape index (κ3) is 11.6. The number of ether oxygens (including phenoxy) is 6. The molecule has 0 unspecified atom stereocenters. The van der Waals surface area contributed by atoms with Gasteiger partial charge >= 0.3 is 5.97 Å². The first-order chi connectivity index (χ1) is 25.3. The van der Waals surface area contributed by atoms with Crippen molar-refractivity contribution in [3.8, 4) is 0 Å². The van der Waals surface area contributed by atoms with Crippen LogP contribution in [0.4, 0.5) is 0 Å². The number of aliphatic hydroxyl groups excluding tert-OH is 10. The molecule has 0 bridgehead atoms. The number of carbonyl (C=O) groups is 4. The molecule has 3 amide bonds. The monoisotopic (exact) mass is 788 g/mol. The summed E-state index contributed by atoms with van der Waals surface area (Å²) in [6.45, 7) is 0.958. The van der Waals surface area contributed by atoms with Crippen LogP contribution in [-0.2, 0) is 47.6 Å². The molecule has 3 saturated heterocycles. The molecular weight excluding hydrogens is 736 g/mol. The number of hydrogen-bond donors (Lipinski definition) is 14. The Morgan fingerprint density at radius 1 is 0.667 bits per heavy atom. The van der Waals surface area contributed by atoms with Crippen molar-refractivity contribution in [2.45, 2.75) is 131 Å². The molecule has 3 heterocycles. The summed E-state index contributed by atoms with van der Waals surface area (Å²) in [7, 11) is 0. The highest BCUT2D eigenvalue weighted by Crippen LogP contribution is 2.32. The van der Waals surface area contributed by atoms with E-state index in [2.05, 4.69) is 16.0 Å². The van der Waals surface area contributed by atoms with E-state index in [9.17, 15) is 70.2 Å². The molecule has 0 aromatic rings. The Morgan fingerprint density at radius 2 is 1.17 bits per heavy atom. The van der Waals surface area contributed by atoms with Crippen LogP contribution >= 0.6 is 0 Å². The van der Waals surface area contributed by atoms with E-state index in [-0.39, 0.29) is 0 Å². The summed E-state index contributed by atoms with van der Waals surface area (Å²) >= 11 is 0. The maximum Gasteiger partial charge on any atom is 0.329 e. The van der Waals surface area contributed by atoms with E-state index in [1.807, 2.05) is 0 Å². The van der Waals surface area contributed by atoms with Gasteiger partial charge in [0.1, 0.15) is 84.9 Å². The third-order valence-electron chi connectivity index (χ3n) is 8.47. The fourth-order valence-electron chi connectivity index (χ4n) is 5.66. The van der Waals surface area contributed by atoms with Gasteiger partial charge in [-0.25, -0.2) is 4.79 Å². The molecule has 54 heavy (non-hydrogen) atoms. The number of nitrogens with one attached hydrogen (secondary N) is 3. The van der Waals surface area contributed by atoms with Crippen molar-refractivity contribution < 1.29 is 98.7 Å². The van der Waals surface area contributed by atoms with Crippen LogP contribution in [0.5, 0.6) is 0 Å². The molecule has 0 aromatic carbocycles. The van der Waals surface area contributed by atoms with Gasteiger partial charge in [0.15, 0.2) is 18.8 Å². The van der Waals surface area contributed by atoms with Crippen LogP contribution in [0.15, 0.2) is 0 Å². The van der Waals surface area contributed by atoms with Gasteiger partial charge in [-0.15, -0.1) is 0 Å². The summed E-state index contributed by atoms with van der Waals surface area (Å²) in [6, 6.07) is -1.61. The summed E-state index contributed by atoms with van der Waals surface area (Å²) in [5.41, 5.74) is 4.15. The van der Waals surface area contributed by atoms with Gasteiger partial charge in [0.2, 0.25) is 17.7 Å². The van der Waals surface area contributed by atoms with Crippen LogP contribution in [0.25, 0.3) is 0 Å². The molecule has 0 saturated carbocycles. The minimum Gasteiger partial charge on any atom is -0.458 e.